The predicted octanol–water partition coefficient (Wildman–Crippen LogP) is 5.07. The first-order valence-corrected chi connectivity index (χ1v) is 11.5. The molecule has 0 saturated carbocycles. The molecule has 1 aromatic heterocycles. The van der Waals surface area contributed by atoms with E-state index in [1.54, 1.807) is 25.4 Å². The molecule has 3 aromatic rings. The molecule has 2 unspecified atom stereocenters. The molecule has 0 amide bonds. The highest BCUT2D eigenvalue weighted by atomic mass is 16.6. The van der Waals surface area contributed by atoms with Crippen molar-refractivity contribution in [1.82, 2.24) is 4.98 Å². The number of aromatic nitrogens is 1. The van der Waals surface area contributed by atoms with E-state index in [-0.39, 0.29) is 0 Å². The van der Waals surface area contributed by atoms with Crippen LogP contribution in [0.3, 0.4) is 0 Å². The Kier molecular flexibility index (Phi) is 7.28. The molecule has 4 rings (SSSR count). The maximum Gasteiger partial charge on any atom is 0.182 e. The molecule has 1 aliphatic rings. The molecule has 6 nitrogen and oxygen atoms in total. The van der Waals surface area contributed by atoms with Crippen molar-refractivity contribution in [2.45, 2.75) is 44.5 Å². The van der Waals surface area contributed by atoms with Crippen LogP contribution in [0.5, 0.6) is 0 Å². The van der Waals surface area contributed by atoms with Crippen molar-refractivity contribution in [1.29, 1.82) is 0 Å². The monoisotopic (exact) mass is 447 g/mol. The van der Waals surface area contributed by atoms with E-state index in [4.69, 9.17) is 4.74 Å². The van der Waals surface area contributed by atoms with Crippen LogP contribution in [0.15, 0.2) is 60.9 Å². The lowest BCUT2D eigenvalue weighted by Gasteiger charge is -2.29. The second kappa shape index (κ2) is 10.3. The van der Waals surface area contributed by atoms with Crippen LogP contribution in [0, 0.1) is 0 Å². The van der Waals surface area contributed by atoms with E-state index in [1.165, 1.54) is 18.2 Å². The van der Waals surface area contributed by atoms with Crippen LogP contribution >= 0.6 is 0 Å². The highest BCUT2D eigenvalue weighted by molar-refractivity contribution is 5.64. The second-order valence-corrected chi connectivity index (χ2v) is 8.73. The SMILES string of the molecule is COC(O)c1ccncc1NCC1CCCc2cc(N(C)c3ccc([C@H](C)O)cc3)ccc21. The van der Waals surface area contributed by atoms with E-state index < -0.39 is 12.4 Å². The molecule has 174 valence electrons. The average molecular weight is 448 g/mol. The van der Waals surface area contributed by atoms with Gasteiger partial charge in [-0.15, -0.1) is 0 Å². The maximum absolute atomic E-state index is 10.1. The van der Waals surface area contributed by atoms with Gasteiger partial charge in [-0.3, -0.25) is 4.98 Å². The molecule has 2 aromatic carbocycles. The quantitative estimate of drug-likeness (QED) is 0.419. The summed E-state index contributed by atoms with van der Waals surface area (Å²) in [6.07, 6.45) is 5.32. The van der Waals surface area contributed by atoms with Gasteiger partial charge < -0.3 is 25.2 Å². The Bertz CT molecular complexity index is 1070. The van der Waals surface area contributed by atoms with Crippen molar-refractivity contribution in [3.05, 3.63) is 83.2 Å². The first kappa shape index (κ1) is 23.2. The summed E-state index contributed by atoms with van der Waals surface area (Å²) in [5.74, 6) is 0.395. The molecule has 0 aliphatic heterocycles. The number of fused-ring (bicyclic) bond motifs is 1. The van der Waals surface area contributed by atoms with Gasteiger partial charge in [0.25, 0.3) is 0 Å². The van der Waals surface area contributed by atoms with Gasteiger partial charge in [0.2, 0.25) is 0 Å². The van der Waals surface area contributed by atoms with Crippen LogP contribution in [0.4, 0.5) is 17.1 Å². The molecular formula is C27H33N3O3. The molecular weight excluding hydrogens is 414 g/mol. The molecule has 1 aliphatic carbocycles. The Labute approximate surface area is 195 Å². The highest BCUT2D eigenvalue weighted by Crippen LogP contribution is 2.36. The molecule has 6 heteroatoms. The third kappa shape index (κ3) is 5.19. The number of aryl methyl sites for hydroxylation is 1. The number of nitrogens with one attached hydrogen (secondary N) is 1. The number of anilines is 3. The van der Waals surface area contributed by atoms with Gasteiger partial charge in [0.15, 0.2) is 6.29 Å². The van der Waals surface area contributed by atoms with Crippen molar-refractivity contribution in [3.63, 3.8) is 0 Å². The summed E-state index contributed by atoms with van der Waals surface area (Å²) >= 11 is 0. The Hall–Kier alpha value is -2.93. The number of aliphatic hydroxyl groups is 2. The number of hydrogen-bond donors (Lipinski definition) is 3. The van der Waals surface area contributed by atoms with E-state index in [1.807, 2.05) is 24.3 Å². The summed E-state index contributed by atoms with van der Waals surface area (Å²) in [4.78, 5) is 6.38. The predicted molar refractivity (Wildman–Crippen MR) is 132 cm³/mol. The molecule has 3 N–H and O–H groups in total. The van der Waals surface area contributed by atoms with Crippen LogP contribution in [0.25, 0.3) is 0 Å². The van der Waals surface area contributed by atoms with Crippen LogP contribution in [0.2, 0.25) is 0 Å². The minimum absolute atomic E-state index is 0.395. The van der Waals surface area contributed by atoms with Gasteiger partial charge in [-0.2, -0.15) is 0 Å². The Balaban J connectivity index is 1.49. The molecule has 0 spiro atoms. The van der Waals surface area contributed by atoms with Crippen LogP contribution in [0.1, 0.15) is 60.3 Å². The number of aliphatic hydroxyl groups excluding tert-OH is 2. The number of benzene rings is 2. The van der Waals surface area contributed by atoms with E-state index in [0.717, 1.165) is 48.4 Å². The molecule has 0 bridgehead atoms. The minimum Gasteiger partial charge on any atom is -0.389 e. The molecule has 33 heavy (non-hydrogen) atoms. The van der Waals surface area contributed by atoms with Crippen molar-refractivity contribution >= 4 is 17.1 Å². The molecule has 1 heterocycles. The minimum atomic E-state index is -0.970. The lowest BCUT2D eigenvalue weighted by Crippen LogP contribution is -2.20. The van der Waals surface area contributed by atoms with Crippen molar-refractivity contribution < 1.29 is 14.9 Å². The third-order valence-electron chi connectivity index (χ3n) is 6.60. The number of methoxy groups -OCH3 is 1. The zero-order valence-electron chi connectivity index (χ0n) is 19.5. The van der Waals surface area contributed by atoms with Crippen LogP contribution < -0.4 is 10.2 Å². The van der Waals surface area contributed by atoms with Gasteiger partial charge >= 0.3 is 0 Å². The Morgan fingerprint density at radius 3 is 2.61 bits per heavy atom. The maximum atomic E-state index is 10.1. The molecule has 0 fully saturated rings. The standard InChI is InChI=1S/C27H33N3O3/c1-18(31)19-7-9-22(10-8-19)30(2)23-11-12-24-20(15-23)5-4-6-21(24)16-29-26-17-28-14-13-25(26)27(32)33-3/h7-15,17-18,21,27,29,31-32H,4-6,16H2,1-3H3/t18-,21?,27?/m0/s1. The summed E-state index contributed by atoms with van der Waals surface area (Å²) in [6.45, 7) is 2.56. The van der Waals surface area contributed by atoms with Crippen molar-refractivity contribution in [3.8, 4) is 0 Å². The van der Waals surface area contributed by atoms with Gasteiger partial charge in [-0.1, -0.05) is 18.2 Å². The van der Waals surface area contributed by atoms with Gasteiger partial charge in [-0.25, -0.2) is 0 Å². The normalized spacial score (nSPS) is 17.2. The second-order valence-electron chi connectivity index (χ2n) is 8.73. The van der Waals surface area contributed by atoms with Gasteiger partial charge in [0.1, 0.15) is 0 Å². The van der Waals surface area contributed by atoms with Crippen molar-refractivity contribution in [2.24, 2.45) is 0 Å². The summed E-state index contributed by atoms with van der Waals surface area (Å²) < 4.78 is 5.09. The first-order valence-electron chi connectivity index (χ1n) is 11.5. The van der Waals surface area contributed by atoms with E-state index in [2.05, 4.69) is 40.4 Å². The third-order valence-corrected chi connectivity index (χ3v) is 6.60. The number of ether oxygens (including phenoxy) is 1. The van der Waals surface area contributed by atoms with Crippen LogP contribution in [-0.4, -0.2) is 35.9 Å². The molecule has 0 radical (unpaired) electrons. The lowest BCUT2D eigenvalue weighted by atomic mass is 9.82. The largest absolute Gasteiger partial charge is 0.389 e. The molecule has 0 saturated heterocycles. The zero-order chi connectivity index (χ0) is 23.4. The lowest BCUT2D eigenvalue weighted by molar-refractivity contribution is -0.0764. The zero-order valence-corrected chi connectivity index (χ0v) is 19.5. The van der Waals surface area contributed by atoms with Crippen LogP contribution in [-0.2, 0) is 11.2 Å². The van der Waals surface area contributed by atoms with E-state index >= 15 is 0 Å². The van der Waals surface area contributed by atoms with Crippen molar-refractivity contribution in [2.75, 3.05) is 30.9 Å². The first-order chi connectivity index (χ1) is 16.0. The molecule has 3 atom stereocenters. The number of nitrogens with zero attached hydrogens (tertiary/aromatic N) is 2. The van der Waals surface area contributed by atoms with Gasteiger partial charge in [0, 0.05) is 49.8 Å². The fourth-order valence-corrected chi connectivity index (χ4v) is 4.58. The van der Waals surface area contributed by atoms with Gasteiger partial charge in [0.05, 0.1) is 18.0 Å². The number of hydrogen-bond acceptors (Lipinski definition) is 6. The Morgan fingerprint density at radius 2 is 1.88 bits per heavy atom. The fraction of sp³-hybridized carbons (Fsp3) is 0.370. The summed E-state index contributed by atoms with van der Waals surface area (Å²) in [5.41, 5.74) is 7.44. The highest BCUT2D eigenvalue weighted by Gasteiger charge is 2.22. The number of pyridine rings is 1. The van der Waals surface area contributed by atoms with E-state index in [0.29, 0.717) is 11.5 Å². The summed E-state index contributed by atoms with van der Waals surface area (Å²) in [6, 6.07) is 16.6. The topological polar surface area (TPSA) is 77.9 Å². The fourth-order valence-electron chi connectivity index (χ4n) is 4.58. The smallest absolute Gasteiger partial charge is 0.182 e. The average Bonchev–Trinajstić information content (AvgIpc) is 2.86. The summed E-state index contributed by atoms with van der Waals surface area (Å²) in [7, 11) is 3.56. The summed E-state index contributed by atoms with van der Waals surface area (Å²) in [5, 5.41) is 23.4. The Morgan fingerprint density at radius 1 is 1.12 bits per heavy atom. The van der Waals surface area contributed by atoms with E-state index in [9.17, 15) is 10.2 Å². The van der Waals surface area contributed by atoms with Gasteiger partial charge in [-0.05, 0) is 73.2 Å². The number of rotatable bonds is 8.